The first kappa shape index (κ1) is 25.8. The fourth-order valence-corrected chi connectivity index (χ4v) is 5.24. The lowest BCUT2D eigenvalue weighted by atomic mass is 9.84. The number of carboxylic acids is 1. The number of imidazole rings is 1. The van der Waals surface area contributed by atoms with Gasteiger partial charge in [-0.15, -0.1) is 0 Å². The normalized spacial score (nSPS) is 14.4. The summed E-state index contributed by atoms with van der Waals surface area (Å²) in [7, 11) is 1.39. The Labute approximate surface area is 225 Å². The topological polar surface area (TPSA) is 102 Å². The van der Waals surface area contributed by atoms with Crippen molar-refractivity contribution in [3.8, 4) is 11.4 Å². The maximum atomic E-state index is 12.3. The number of carboxylic acid groups (broad SMARTS) is 1. The van der Waals surface area contributed by atoms with Crippen LogP contribution in [0.4, 0.5) is 4.79 Å². The van der Waals surface area contributed by atoms with E-state index in [1.54, 1.807) is 35.8 Å². The first-order valence-corrected chi connectivity index (χ1v) is 12.9. The zero-order valence-corrected chi connectivity index (χ0v) is 22.6. The van der Waals surface area contributed by atoms with E-state index in [2.05, 4.69) is 28.7 Å². The zero-order chi connectivity index (χ0) is 27.2. The minimum absolute atomic E-state index is 0.0422. The standard InChI is InChI=1S/C28H30ClN5O4/c1-17(14-33-15-21(29)13-30-33)34-23-10-7-18-11-12-32(27(37)38-4)16-22(18)24(23)31-25(34)19-5-8-20(9-6-19)28(2,3)26(35)36/h5-10,13,15,17H,11-12,14,16H2,1-4H3,(H,35,36)/t17-/m1/s1. The quantitative estimate of drug-likeness (QED) is 0.359. The number of halogens is 1. The molecule has 0 spiro atoms. The van der Waals surface area contributed by atoms with E-state index < -0.39 is 11.4 Å². The van der Waals surface area contributed by atoms with Gasteiger partial charge in [-0.2, -0.15) is 5.10 Å². The third kappa shape index (κ3) is 4.51. The second kappa shape index (κ2) is 9.79. The van der Waals surface area contributed by atoms with Crippen LogP contribution in [0.2, 0.25) is 5.02 Å². The Hall–Kier alpha value is -3.85. The summed E-state index contributed by atoms with van der Waals surface area (Å²) in [6, 6.07) is 11.7. The van der Waals surface area contributed by atoms with E-state index in [1.165, 1.54) is 12.7 Å². The van der Waals surface area contributed by atoms with Gasteiger partial charge in [0.2, 0.25) is 0 Å². The maximum Gasteiger partial charge on any atom is 0.409 e. The highest BCUT2D eigenvalue weighted by atomic mass is 35.5. The van der Waals surface area contributed by atoms with E-state index >= 15 is 0 Å². The predicted molar refractivity (Wildman–Crippen MR) is 144 cm³/mol. The molecular formula is C28H30ClN5O4. The van der Waals surface area contributed by atoms with Crippen LogP contribution in [0.15, 0.2) is 48.8 Å². The van der Waals surface area contributed by atoms with Crippen LogP contribution in [0, 0.1) is 0 Å². The lowest BCUT2D eigenvalue weighted by Gasteiger charge is -2.28. The van der Waals surface area contributed by atoms with Crippen molar-refractivity contribution in [2.45, 2.75) is 51.7 Å². The van der Waals surface area contributed by atoms with Gasteiger partial charge in [0, 0.05) is 23.9 Å². The number of amides is 1. The Morgan fingerprint density at radius 2 is 1.92 bits per heavy atom. The highest BCUT2D eigenvalue weighted by molar-refractivity contribution is 6.30. The van der Waals surface area contributed by atoms with E-state index in [0.29, 0.717) is 30.2 Å². The molecule has 0 radical (unpaired) electrons. The molecule has 2 aromatic carbocycles. The van der Waals surface area contributed by atoms with Crippen molar-refractivity contribution in [1.82, 2.24) is 24.2 Å². The molecule has 0 unspecified atom stereocenters. The molecule has 1 aliphatic heterocycles. The van der Waals surface area contributed by atoms with E-state index in [4.69, 9.17) is 21.3 Å². The average molecular weight is 536 g/mol. The van der Waals surface area contributed by atoms with Crippen molar-refractivity contribution >= 4 is 34.7 Å². The fraction of sp³-hybridized carbons (Fsp3) is 0.357. The first-order valence-electron chi connectivity index (χ1n) is 12.5. The molecule has 4 aromatic rings. The van der Waals surface area contributed by atoms with Gasteiger partial charge in [0.05, 0.1) is 53.9 Å². The van der Waals surface area contributed by atoms with Gasteiger partial charge in [-0.1, -0.05) is 41.9 Å². The van der Waals surface area contributed by atoms with Gasteiger partial charge >= 0.3 is 12.1 Å². The van der Waals surface area contributed by atoms with Crippen LogP contribution in [0.1, 0.15) is 43.5 Å². The summed E-state index contributed by atoms with van der Waals surface area (Å²) in [5, 5.41) is 14.6. The number of benzene rings is 2. The van der Waals surface area contributed by atoms with Crippen molar-refractivity contribution in [1.29, 1.82) is 0 Å². The van der Waals surface area contributed by atoms with E-state index in [9.17, 15) is 14.7 Å². The van der Waals surface area contributed by atoms with Crippen LogP contribution < -0.4 is 0 Å². The summed E-state index contributed by atoms with van der Waals surface area (Å²) in [6.45, 7) is 7.07. The minimum atomic E-state index is -1.01. The SMILES string of the molecule is COC(=O)N1CCc2ccc3c(nc(-c4ccc(C(C)(C)C(=O)O)cc4)n3[C@H](C)Cn3cc(Cl)cn3)c2C1. The largest absolute Gasteiger partial charge is 0.481 e. The molecule has 10 heteroatoms. The molecule has 38 heavy (non-hydrogen) atoms. The Morgan fingerprint density at radius 3 is 2.55 bits per heavy atom. The van der Waals surface area contributed by atoms with Crippen LogP contribution >= 0.6 is 11.6 Å². The molecule has 3 heterocycles. The highest BCUT2D eigenvalue weighted by Gasteiger charge is 2.30. The summed E-state index contributed by atoms with van der Waals surface area (Å²) in [6.07, 6.45) is 3.77. The number of fused-ring (bicyclic) bond motifs is 3. The number of ether oxygens (including phenoxy) is 1. The third-order valence-electron chi connectivity index (χ3n) is 7.39. The van der Waals surface area contributed by atoms with Gasteiger partial charge in [-0.05, 0) is 44.4 Å². The van der Waals surface area contributed by atoms with E-state index in [-0.39, 0.29) is 12.1 Å². The van der Waals surface area contributed by atoms with Gasteiger partial charge in [0.15, 0.2) is 0 Å². The van der Waals surface area contributed by atoms with Crippen molar-refractivity contribution < 1.29 is 19.4 Å². The number of carbonyl (C=O) groups is 2. The fourth-order valence-electron chi connectivity index (χ4n) is 5.08. The van der Waals surface area contributed by atoms with E-state index in [0.717, 1.165) is 34.4 Å². The molecule has 0 bridgehead atoms. The van der Waals surface area contributed by atoms with Gasteiger partial charge in [0.25, 0.3) is 0 Å². The Bertz CT molecular complexity index is 1520. The van der Waals surface area contributed by atoms with Gasteiger partial charge in [0.1, 0.15) is 5.82 Å². The monoisotopic (exact) mass is 535 g/mol. The van der Waals surface area contributed by atoms with Crippen LogP contribution in [-0.4, -0.2) is 55.1 Å². The number of aliphatic carboxylic acids is 1. The number of methoxy groups -OCH3 is 1. The van der Waals surface area contributed by atoms with Gasteiger partial charge < -0.3 is 19.3 Å². The number of rotatable bonds is 6. The molecule has 1 atom stereocenters. The summed E-state index contributed by atoms with van der Waals surface area (Å²) < 4.78 is 8.96. The number of nitrogens with zero attached hydrogens (tertiary/aromatic N) is 5. The molecule has 2 aromatic heterocycles. The van der Waals surface area contributed by atoms with Crippen molar-refractivity contribution in [2.24, 2.45) is 0 Å². The maximum absolute atomic E-state index is 12.3. The molecule has 1 aliphatic rings. The molecule has 1 amide bonds. The molecule has 198 valence electrons. The first-order chi connectivity index (χ1) is 18.1. The van der Waals surface area contributed by atoms with E-state index in [1.807, 2.05) is 24.3 Å². The van der Waals surface area contributed by atoms with Crippen LogP contribution in [0.3, 0.4) is 0 Å². The molecule has 1 N–H and O–H groups in total. The van der Waals surface area contributed by atoms with Crippen LogP contribution in [0.5, 0.6) is 0 Å². The van der Waals surface area contributed by atoms with Crippen LogP contribution in [-0.2, 0) is 34.5 Å². The Morgan fingerprint density at radius 1 is 1.18 bits per heavy atom. The second-order valence-corrected chi connectivity index (χ2v) is 10.7. The number of aromatic nitrogens is 4. The summed E-state index contributed by atoms with van der Waals surface area (Å²) in [5.41, 5.74) is 4.53. The zero-order valence-electron chi connectivity index (χ0n) is 21.8. The summed E-state index contributed by atoms with van der Waals surface area (Å²) in [4.78, 5) is 30.9. The number of hydrogen-bond donors (Lipinski definition) is 1. The minimum Gasteiger partial charge on any atom is -0.481 e. The third-order valence-corrected chi connectivity index (χ3v) is 7.59. The summed E-state index contributed by atoms with van der Waals surface area (Å²) >= 11 is 6.11. The predicted octanol–water partition coefficient (Wildman–Crippen LogP) is 5.30. The van der Waals surface area contributed by atoms with Crippen molar-refractivity contribution in [2.75, 3.05) is 13.7 Å². The highest BCUT2D eigenvalue weighted by Crippen LogP contribution is 2.35. The Balaban J connectivity index is 1.64. The van der Waals surface area contributed by atoms with Crippen molar-refractivity contribution in [3.63, 3.8) is 0 Å². The number of hydrogen-bond acceptors (Lipinski definition) is 5. The molecule has 5 rings (SSSR count). The average Bonchev–Trinajstić information content (AvgIpc) is 3.51. The smallest absolute Gasteiger partial charge is 0.409 e. The molecular weight excluding hydrogens is 506 g/mol. The molecule has 0 saturated carbocycles. The second-order valence-electron chi connectivity index (χ2n) is 10.3. The molecule has 0 saturated heterocycles. The van der Waals surface area contributed by atoms with Gasteiger partial charge in [-0.25, -0.2) is 9.78 Å². The Kier molecular flexibility index (Phi) is 6.65. The lowest BCUT2D eigenvalue weighted by Crippen LogP contribution is -2.35. The van der Waals surface area contributed by atoms with Crippen LogP contribution in [0.25, 0.3) is 22.4 Å². The van der Waals surface area contributed by atoms with Gasteiger partial charge in [-0.3, -0.25) is 9.48 Å². The number of carbonyl (C=O) groups excluding carboxylic acids is 1. The van der Waals surface area contributed by atoms with Crippen molar-refractivity contribution in [3.05, 3.63) is 70.5 Å². The summed E-state index contributed by atoms with van der Waals surface area (Å²) in [5.74, 6) is -0.125. The molecule has 0 fully saturated rings. The lowest BCUT2D eigenvalue weighted by molar-refractivity contribution is -0.142. The molecule has 0 aliphatic carbocycles. The molecule has 9 nitrogen and oxygen atoms in total.